The van der Waals surface area contributed by atoms with Gasteiger partial charge in [0.05, 0.1) is 0 Å². The van der Waals surface area contributed by atoms with Crippen LogP contribution in [0, 0.1) is 0 Å². The molecule has 0 saturated carbocycles. The summed E-state index contributed by atoms with van der Waals surface area (Å²) >= 11 is 0. The molecule has 1 aromatic rings. The van der Waals surface area contributed by atoms with E-state index in [1.807, 2.05) is 6.92 Å². The Bertz CT molecular complexity index is 536. The van der Waals surface area contributed by atoms with Crippen molar-refractivity contribution in [1.29, 1.82) is 0 Å². The Morgan fingerprint density at radius 2 is 1.91 bits per heavy atom. The van der Waals surface area contributed by atoms with Crippen molar-refractivity contribution >= 4 is 5.97 Å². The molecule has 0 bridgehead atoms. The summed E-state index contributed by atoms with van der Waals surface area (Å²) in [5.74, 6) is -0.467. The van der Waals surface area contributed by atoms with Crippen LogP contribution in [0.3, 0.4) is 0 Å². The zero-order valence-electron chi connectivity index (χ0n) is 13.5. The molecule has 0 aliphatic carbocycles. The molecule has 0 spiro atoms. The summed E-state index contributed by atoms with van der Waals surface area (Å²) < 4.78 is 5.46. The highest BCUT2D eigenvalue weighted by Crippen LogP contribution is 2.38. The second kappa shape index (κ2) is 7.52. The topological polar surface area (TPSA) is 66.8 Å². The molecule has 0 fully saturated rings. The second-order valence-corrected chi connectivity index (χ2v) is 6.09. The standard InChI is InChI=1S/C18H26O4/c1-3-5-7-8-13-10-12-11-15(19)14(9-6-4-2)17(20)16(12)18(21)22-13/h11,13,19-20H,3-10H2,1-2H3/t13-/m1/s1. The molecular weight excluding hydrogens is 280 g/mol. The maximum absolute atomic E-state index is 12.2. The number of phenols is 2. The third-order valence-corrected chi connectivity index (χ3v) is 4.30. The molecule has 1 heterocycles. The van der Waals surface area contributed by atoms with Gasteiger partial charge in [0.1, 0.15) is 23.2 Å². The second-order valence-electron chi connectivity index (χ2n) is 6.09. The van der Waals surface area contributed by atoms with Crippen LogP contribution in [0.2, 0.25) is 0 Å². The number of aromatic hydroxyl groups is 2. The van der Waals surface area contributed by atoms with Crippen molar-refractivity contribution in [3.8, 4) is 11.5 Å². The van der Waals surface area contributed by atoms with E-state index in [-0.39, 0.29) is 23.2 Å². The van der Waals surface area contributed by atoms with Crippen molar-refractivity contribution in [1.82, 2.24) is 0 Å². The Morgan fingerprint density at radius 3 is 2.59 bits per heavy atom. The Hall–Kier alpha value is -1.71. The van der Waals surface area contributed by atoms with Crippen molar-refractivity contribution < 1.29 is 19.7 Å². The highest BCUT2D eigenvalue weighted by Gasteiger charge is 2.31. The maximum Gasteiger partial charge on any atom is 0.342 e. The number of benzene rings is 1. The van der Waals surface area contributed by atoms with Crippen molar-refractivity contribution in [2.75, 3.05) is 0 Å². The quantitative estimate of drug-likeness (QED) is 0.588. The number of unbranched alkanes of at least 4 members (excludes halogenated alkanes) is 3. The first kappa shape index (κ1) is 16.7. The van der Waals surface area contributed by atoms with Crippen LogP contribution < -0.4 is 0 Å². The zero-order chi connectivity index (χ0) is 16.1. The van der Waals surface area contributed by atoms with E-state index in [4.69, 9.17) is 4.74 Å². The first-order valence-corrected chi connectivity index (χ1v) is 8.36. The van der Waals surface area contributed by atoms with E-state index in [1.165, 1.54) is 0 Å². The maximum atomic E-state index is 12.2. The molecule has 4 nitrogen and oxygen atoms in total. The predicted octanol–water partition coefficient (Wildman–Crippen LogP) is 4.10. The fourth-order valence-electron chi connectivity index (χ4n) is 3.02. The number of hydrogen-bond donors (Lipinski definition) is 2. The minimum Gasteiger partial charge on any atom is -0.508 e. The van der Waals surface area contributed by atoms with Gasteiger partial charge in [-0.15, -0.1) is 0 Å². The van der Waals surface area contributed by atoms with Crippen LogP contribution in [0.5, 0.6) is 11.5 Å². The van der Waals surface area contributed by atoms with E-state index < -0.39 is 5.97 Å². The van der Waals surface area contributed by atoms with Crippen molar-refractivity contribution in [3.05, 3.63) is 22.8 Å². The van der Waals surface area contributed by atoms with E-state index in [9.17, 15) is 15.0 Å². The lowest BCUT2D eigenvalue weighted by Gasteiger charge is -2.26. The minimum atomic E-state index is -0.460. The first-order chi connectivity index (χ1) is 10.6. The molecule has 0 unspecified atom stereocenters. The Morgan fingerprint density at radius 1 is 1.18 bits per heavy atom. The fourth-order valence-corrected chi connectivity index (χ4v) is 3.02. The third kappa shape index (κ3) is 3.54. The van der Waals surface area contributed by atoms with Gasteiger partial charge in [0.25, 0.3) is 0 Å². The Kier molecular flexibility index (Phi) is 5.69. The van der Waals surface area contributed by atoms with E-state index in [2.05, 4.69) is 6.92 Å². The number of phenolic OH excluding ortho intramolecular Hbond substituents is 2. The SMILES string of the molecule is CCCCC[C@@H]1Cc2cc(O)c(CCCC)c(O)c2C(=O)O1. The van der Waals surface area contributed by atoms with Crippen LogP contribution in [-0.2, 0) is 17.6 Å². The third-order valence-electron chi connectivity index (χ3n) is 4.30. The van der Waals surface area contributed by atoms with Gasteiger partial charge >= 0.3 is 5.97 Å². The predicted molar refractivity (Wildman–Crippen MR) is 85.4 cm³/mol. The summed E-state index contributed by atoms with van der Waals surface area (Å²) in [5, 5.41) is 20.5. The van der Waals surface area contributed by atoms with Crippen LogP contribution in [0.25, 0.3) is 0 Å². The summed E-state index contributed by atoms with van der Waals surface area (Å²) in [5.41, 5.74) is 1.41. The summed E-state index contributed by atoms with van der Waals surface area (Å²) in [7, 11) is 0. The number of ether oxygens (including phenoxy) is 1. The molecule has 122 valence electrons. The van der Waals surface area contributed by atoms with E-state index in [0.29, 0.717) is 24.0 Å². The van der Waals surface area contributed by atoms with Gasteiger partial charge in [-0.25, -0.2) is 4.79 Å². The molecule has 22 heavy (non-hydrogen) atoms. The lowest BCUT2D eigenvalue weighted by molar-refractivity contribution is 0.0227. The van der Waals surface area contributed by atoms with Crippen LogP contribution in [-0.4, -0.2) is 22.3 Å². The smallest absolute Gasteiger partial charge is 0.342 e. The van der Waals surface area contributed by atoms with Crippen LogP contribution in [0.1, 0.15) is 73.9 Å². The summed E-state index contributed by atoms with van der Waals surface area (Å²) in [6.45, 7) is 4.18. The summed E-state index contributed by atoms with van der Waals surface area (Å²) in [6, 6.07) is 1.63. The highest BCUT2D eigenvalue weighted by molar-refractivity contribution is 5.96. The van der Waals surface area contributed by atoms with Crippen LogP contribution >= 0.6 is 0 Å². The van der Waals surface area contributed by atoms with Gasteiger partial charge in [0, 0.05) is 12.0 Å². The molecule has 2 rings (SSSR count). The lowest BCUT2D eigenvalue weighted by Crippen LogP contribution is -2.28. The molecular formula is C18H26O4. The number of cyclic esters (lactones) is 1. The number of esters is 1. The molecule has 2 N–H and O–H groups in total. The molecule has 1 atom stereocenters. The Balaban J connectivity index is 2.22. The molecule has 0 radical (unpaired) electrons. The van der Waals surface area contributed by atoms with E-state index in [0.717, 1.165) is 38.5 Å². The van der Waals surface area contributed by atoms with Crippen molar-refractivity contribution in [2.45, 2.75) is 71.3 Å². The van der Waals surface area contributed by atoms with Gasteiger partial charge in [0.15, 0.2) is 0 Å². The average molecular weight is 306 g/mol. The first-order valence-electron chi connectivity index (χ1n) is 8.36. The molecule has 0 aromatic heterocycles. The average Bonchev–Trinajstić information content (AvgIpc) is 2.46. The largest absolute Gasteiger partial charge is 0.508 e. The minimum absolute atomic E-state index is 0.0895. The lowest BCUT2D eigenvalue weighted by atomic mass is 9.91. The van der Waals surface area contributed by atoms with Gasteiger partial charge in [-0.1, -0.05) is 33.1 Å². The van der Waals surface area contributed by atoms with Crippen molar-refractivity contribution in [3.63, 3.8) is 0 Å². The van der Waals surface area contributed by atoms with Gasteiger partial charge in [-0.3, -0.25) is 0 Å². The molecule has 4 heteroatoms. The van der Waals surface area contributed by atoms with Crippen molar-refractivity contribution in [2.24, 2.45) is 0 Å². The number of fused-ring (bicyclic) bond motifs is 1. The highest BCUT2D eigenvalue weighted by atomic mass is 16.5. The zero-order valence-corrected chi connectivity index (χ0v) is 13.5. The summed E-state index contributed by atoms with van der Waals surface area (Å²) in [4.78, 5) is 12.2. The molecule has 1 aliphatic heterocycles. The molecule has 0 saturated heterocycles. The summed E-state index contributed by atoms with van der Waals surface area (Å²) in [6.07, 6.45) is 6.90. The molecule has 0 amide bonds. The monoisotopic (exact) mass is 306 g/mol. The van der Waals surface area contributed by atoms with E-state index >= 15 is 0 Å². The van der Waals surface area contributed by atoms with Crippen LogP contribution in [0.15, 0.2) is 6.07 Å². The van der Waals surface area contributed by atoms with Crippen LogP contribution in [0.4, 0.5) is 0 Å². The fraction of sp³-hybridized carbons (Fsp3) is 0.611. The van der Waals surface area contributed by atoms with Gasteiger partial charge in [0.2, 0.25) is 0 Å². The molecule has 1 aliphatic rings. The van der Waals surface area contributed by atoms with Gasteiger partial charge in [-0.05, 0) is 37.3 Å². The van der Waals surface area contributed by atoms with E-state index in [1.54, 1.807) is 6.07 Å². The molecule has 1 aromatic carbocycles. The Labute approximate surface area is 132 Å². The van der Waals surface area contributed by atoms with Gasteiger partial charge in [-0.2, -0.15) is 0 Å². The number of rotatable bonds is 7. The number of carbonyl (C=O) groups is 1. The normalized spacial score (nSPS) is 17.2. The number of hydrogen-bond acceptors (Lipinski definition) is 4. The van der Waals surface area contributed by atoms with Gasteiger partial charge < -0.3 is 14.9 Å². The number of carbonyl (C=O) groups excluding carboxylic acids is 1.